The van der Waals surface area contributed by atoms with Crippen LogP contribution in [0.2, 0.25) is 0 Å². The minimum absolute atomic E-state index is 0. The van der Waals surface area contributed by atoms with E-state index in [0.717, 1.165) is 74.9 Å². The van der Waals surface area contributed by atoms with Gasteiger partial charge in [-0.15, -0.1) is 24.0 Å². The Hall–Kier alpha value is -1.39. The zero-order valence-electron chi connectivity index (χ0n) is 16.4. The van der Waals surface area contributed by atoms with E-state index in [1.807, 2.05) is 18.2 Å². The first-order valence-corrected chi connectivity index (χ1v) is 10.0. The maximum atomic E-state index is 5.96. The van der Waals surface area contributed by atoms with Crippen LogP contribution in [0.15, 0.2) is 29.3 Å². The quantitative estimate of drug-likeness (QED) is 0.376. The third kappa shape index (κ3) is 5.15. The second kappa shape index (κ2) is 10.4. The smallest absolute Gasteiger partial charge is 0.194 e. The van der Waals surface area contributed by atoms with E-state index in [1.165, 1.54) is 0 Å². The molecular weight excluding hydrogens is 469 g/mol. The number of nitrogens with zero attached hydrogens (tertiary/aromatic N) is 3. The lowest BCUT2D eigenvalue weighted by Crippen LogP contribution is -2.53. The number of guanidine groups is 1. The Balaban J connectivity index is 0.00000225. The van der Waals surface area contributed by atoms with Crippen molar-refractivity contribution in [3.63, 3.8) is 0 Å². The number of aromatic amines is 1. The number of para-hydroxylation sites is 2. The van der Waals surface area contributed by atoms with Gasteiger partial charge in [0, 0.05) is 39.2 Å². The van der Waals surface area contributed by atoms with E-state index in [0.29, 0.717) is 6.54 Å². The number of hydrogen-bond donors (Lipinski definition) is 2. The van der Waals surface area contributed by atoms with Crippen molar-refractivity contribution in [1.29, 1.82) is 0 Å². The molecule has 4 rings (SSSR count). The molecule has 3 heterocycles. The Kier molecular flexibility index (Phi) is 7.92. The monoisotopic (exact) mass is 499 g/mol. The van der Waals surface area contributed by atoms with Crippen molar-refractivity contribution in [2.45, 2.75) is 38.4 Å². The molecule has 2 aromatic rings. The summed E-state index contributed by atoms with van der Waals surface area (Å²) in [6.07, 6.45) is 3.39. The molecule has 2 atom stereocenters. The molecule has 0 saturated carbocycles. The fourth-order valence-corrected chi connectivity index (χ4v) is 3.81. The van der Waals surface area contributed by atoms with Crippen molar-refractivity contribution in [2.24, 2.45) is 4.99 Å². The first kappa shape index (κ1) is 21.3. The van der Waals surface area contributed by atoms with E-state index in [-0.39, 0.29) is 36.2 Å². The van der Waals surface area contributed by atoms with Crippen LogP contribution in [0.3, 0.4) is 0 Å². The van der Waals surface area contributed by atoms with Gasteiger partial charge in [-0.3, -0.25) is 4.99 Å². The topological polar surface area (TPSA) is 74.8 Å². The number of imidazole rings is 1. The third-order valence-corrected chi connectivity index (χ3v) is 5.16. The van der Waals surface area contributed by atoms with Crippen molar-refractivity contribution >= 4 is 41.0 Å². The van der Waals surface area contributed by atoms with Gasteiger partial charge in [-0.25, -0.2) is 4.98 Å². The zero-order valence-corrected chi connectivity index (χ0v) is 18.7. The van der Waals surface area contributed by atoms with Crippen molar-refractivity contribution in [2.75, 3.05) is 39.4 Å². The number of morpholine rings is 1. The Bertz CT molecular complexity index is 742. The van der Waals surface area contributed by atoms with Gasteiger partial charge in [0.2, 0.25) is 0 Å². The predicted molar refractivity (Wildman–Crippen MR) is 121 cm³/mol. The Morgan fingerprint density at radius 2 is 2.14 bits per heavy atom. The molecule has 1 aromatic heterocycles. The average molecular weight is 499 g/mol. The summed E-state index contributed by atoms with van der Waals surface area (Å²) in [4.78, 5) is 15.2. The van der Waals surface area contributed by atoms with Crippen LogP contribution >= 0.6 is 24.0 Å². The second-order valence-corrected chi connectivity index (χ2v) is 7.09. The van der Waals surface area contributed by atoms with Crippen LogP contribution in [-0.4, -0.2) is 72.4 Å². The van der Waals surface area contributed by atoms with Crippen LogP contribution in [0.1, 0.15) is 25.6 Å². The largest absolute Gasteiger partial charge is 0.375 e. The van der Waals surface area contributed by atoms with E-state index in [9.17, 15) is 0 Å². The van der Waals surface area contributed by atoms with E-state index in [1.54, 1.807) is 0 Å². The van der Waals surface area contributed by atoms with Crippen molar-refractivity contribution < 1.29 is 9.47 Å². The molecule has 0 aliphatic carbocycles. The standard InChI is InChI=1S/C20H29N5O2.HI/c1-2-21-20(25-11-13-27-18(14-25)17-8-5-12-26-17)22-10-9-19-23-15-6-3-4-7-16(15)24-19;/h3-4,6-7,17-18H,2,5,8-14H2,1H3,(H,21,22)(H,23,24);1H. The molecule has 2 fully saturated rings. The molecule has 8 heteroatoms. The molecule has 2 saturated heterocycles. The van der Waals surface area contributed by atoms with Gasteiger partial charge < -0.3 is 24.7 Å². The predicted octanol–water partition coefficient (Wildman–Crippen LogP) is 2.57. The highest BCUT2D eigenvalue weighted by atomic mass is 127. The van der Waals surface area contributed by atoms with E-state index >= 15 is 0 Å². The lowest BCUT2D eigenvalue weighted by Gasteiger charge is -2.37. The van der Waals surface area contributed by atoms with Crippen molar-refractivity contribution in [3.8, 4) is 0 Å². The van der Waals surface area contributed by atoms with Crippen LogP contribution in [0.4, 0.5) is 0 Å². The van der Waals surface area contributed by atoms with E-state index in [2.05, 4.69) is 33.2 Å². The minimum atomic E-state index is 0. The fraction of sp³-hybridized carbons (Fsp3) is 0.600. The van der Waals surface area contributed by atoms with E-state index < -0.39 is 0 Å². The van der Waals surface area contributed by atoms with Gasteiger partial charge in [0.05, 0.1) is 23.7 Å². The second-order valence-electron chi connectivity index (χ2n) is 7.09. The molecule has 154 valence electrons. The number of aromatic nitrogens is 2. The molecule has 0 bridgehead atoms. The lowest BCUT2D eigenvalue weighted by molar-refractivity contribution is -0.0817. The van der Waals surface area contributed by atoms with Gasteiger partial charge in [-0.2, -0.15) is 0 Å². The highest BCUT2D eigenvalue weighted by Gasteiger charge is 2.32. The molecular formula is C20H30IN5O2. The van der Waals surface area contributed by atoms with Gasteiger partial charge >= 0.3 is 0 Å². The summed E-state index contributed by atoms with van der Waals surface area (Å²) >= 11 is 0. The number of hydrogen-bond acceptors (Lipinski definition) is 4. The summed E-state index contributed by atoms with van der Waals surface area (Å²) in [6.45, 7) is 6.93. The molecule has 7 nitrogen and oxygen atoms in total. The molecule has 2 aliphatic heterocycles. The van der Waals surface area contributed by atoms with E-state index in [4.69, 9.17) is 14.5 Å². The third-order valence-electron chi connectivity index (χ3n) is 5.16. The number of fused-ring (bicyclic) bond motifs is 1. The van der Waals surface area contributed by atoms with Crippen LogP contribution in [0.25, 0.3) is 11.0 Å². The van der Waals surface area contributed by atoms with Gasteiger partial charge in [-0.1, -0.05) is 12.1 Å². The number of benzene rings is 1. The molecule has 2 N–H and O–H groups in total. The van der Waals surface area contributed by atoms with Gasteiger partial charge in [0.1, 0.15) is 11.9 Å². The van der Waals surface area contributed by atoms with Crippen LogP contribution in [-0.2, 0) is 15.9 Å². The zero-order chi connectivity index (χ0) is 18.5. The molecule has 1 aromatic carbocycles. The summed E-state index contributed by atoms with van der Waals surface area (Å²) in [5.41, 5.74) is 2.09. The van der Waals surface area contributed by atoms with Crippen LogP contribution in [0, 0.1) is 0 Å². The van der Waals surface area contributed by atoms with Gasteiger partial charge in [0.15, 0.2) is 5.96 Å². The first-order chi connectivity index (χ1) is 13.3. The first-order valence-electron chi connectivity index (χ1n) is 10.0. The Morgan fingerprint density at radius 3 is 2.93 bits per heavy atom. The maximum absolute atomic E-state index is 5.96. The molecule has 2 aliphatic rings. The highest BCUT2D eigenvalue weighted by Crippen LogP contribution is 2.21. The van der Waals surface area contributed by atoms with Crippen molar-refractivity contribution in [3.05, 3.63) is 30.1 Å². The number of rotatable bonds is 5. The highest BCUT2D eigenvalue weighted by molar-refractivity contribution is 14.0. The number of nitrogens with one attached hydrogen (secondary N) is 2. The normalized spacial score (nSPS) is 23.0. The van der Waals surface area contributed by atoms with Crippen molar-refractivity contribution in [1.82, 2.24) is 20.2 Å². The summed E-state index contributed by atoms with van der Waals surface area (Å²) < 4.78 is 11.8. The molecule has 0 spiro atoms. The molecule has 0 radical (unpaired) electrons. The summed E-state index contributed by atoms with van der Waals surface area (Å²) in [5, 5.41) is 3.43. The maximum Gasteiger partial charge on any atom is 0.194 e. The molecule has 2 unspecified atom stereocenters. The lowest BCUT2D eigenvalue weighted by atomic mass is 10.1. The average Bonchev–Trinajstić information content (AvgIpc) is 3.37. The Morgan fingerprint density at radius 1 is 1.29 bits per heavy atom. The molecule has 28 heavy (non-hydrogen) atoms. The summed E-state index contributed by atoms with van der Waals surface area (Å²) in [7, 11) is 0. The summed E-state index contributed by atoms with van der Waals surface area (Å²) in [6, 6.07) is 8.12. The number of H-pyrrole nitrogens is 1. The number of aliphatic imine (C=N–C) groups is 1. The van der Waals surface area contributed by atoms with Crippen LogP contribution < -0.4 is 5.32 Å². The van der Waals surface area contributed by atoms with Crippen LogP contribution in [0.5, 0.6) is 0 Å². The number of halogens is 1. The fourth-order valence-electron chi connectivity index (χ4n) is 3.81. The Labute approximate surface area is 183 Å². The minimum Gasteiger partial charge on any atom is -0.375 e. The molecule has 0 amide bonds. The summed E-state index contributed by atoms with van der Waals surface area (Å²) in [5.74, 6) is 1.94. The van der Waals surface area contributed by atoms with Gasteiger partial charge in [-0.05, 0) is 31.9 Å². The van der Waals surface area contributed by atoms with Gasteiger partial charge in [0.25, 0.3) is 0 Å². The SMILES string of the molecule is CCNC(=NCCc1nc2ccccc2[nH]1)N1CCOC(C2CCCO2)C1.I. The number of ether oxygens (including phenoxy) is 2.